The van der Waals surface area contributed by atoms with Crippen molar-refractivity contribution in [2.24, 2.45) is 17.8 Å². The lowest BCUT2D eigenvalue weighted by Gasteiger charge is -2.48. The summed E-state index contributed by atoms with van der Waals surface area (Å²) in [5, 5.41) is 23.0. The smallest absolute Gasteiger partial charge is 0.314 e. The van der Waals surface area contributed by atoms with Gasteiger partial charge in [0.15, 0.2) is 12.1 Å². The number of allylic oxidation sites excluding steroid dienone is 3. The molecule has 2 fully saturated rings. The van der Waals surface area contributed by atoms with E-state index in [9.17, 15) is 15.0 Å². The average molecular weight is 662 g/mol. The Labute approximate surface area is 258 Å². The molecule has 0 aromatic heterocycles. The maximum absolute atomic E-state index is 13.5. The van der Waals surface area contributed by atoms with Crippen molar-refractivity contribution < 1.29 is 48.2 Å². The summed E-state index contributed by atoms with van der Waals surface area (Å²) < 4.78 is 41.9. The van der Waals surface area contributed by atoms with E-state index in [1.54, 1.807) is 45.4 Å². The van der Waals surface area contributed by atoms with Crippen LogP contribution in [0.15, 0.2) is 35.4 Å². The first-order valence-corrected chi connectivity index (χ1v) is 15.7. The quantitative estimate of drug-likeness (QED) is 0.235. The Morgan fingerprint density at radius 3 is 2.36 bits per heavy atom. The summed E-state index contributed by atoms with van der Waals surface area (Å²) in [4.78, 5) is 15.2. The summed E-state index contributed by atoms with van der Waals surface area (Å²) in [6.45, 7) is 7.38. The predicted octanol–water partition coefficient (Wildman–Crippen LogP) is 4.02. The fourth-order valence-electron chi connectivity index (χ4n) is 6.03. The number of hydrogen-bond donors (Lipinski definition) is 2. The summed E-state index contributed by atoms with van der Waals surface area (Å²) in [5.41, 5.74) is 0. The molecule has 13 atom stereocenters. The third-order valence-corrected chi connectivity index (χ3v) is 8.99. The first kappa shape index (κ1) is 35.3. The number of aliphatic hydroxyl groups is 2. The molecule has 0 aliphatic carbocycles. The largest absolute Gasteiger partial charge is 0.458 e. The van der Waals surface area contributed by atoms with Crippen LogP contribution >= 0.6 is 15.9 Å². The highest BCUT2D eigenvalue weighted by atomic mass is 79.9. The second-order valence-corrected chi connectivity index (χ2v) is 12.2. The molecule has 42 heavy (non-hydrogen) atoms. The molecule has 0 spiro atoms. The lowest BCUT2D eigenvalue weighted by Crippen LogP contribution is -2.61. The summed E-state index contributed by atoms with van der Waals surface area (Å²) in [6.07, 6.45) is 5.59. The Balaban J connectivity index is 1.92. The van der Waals surface area contributed by atoms with Crippen LogP contribution in [0.5, 0.6) is 0 Å². The molecule has 10 nitrogen and oxygen atoms in total. The van der Waals surface area contributed by atoms with Crippen LogP contribution in [0, 0.1) is 17.8 Å². The van der Waals surface area contributed by atoms with Gasteiger partial charge in [0.25, 0.3) is 0 Å². The molecule has 2 bridgehead atoms. The number of carbonyl (C=O) groups excluding carboxylic acids is 1. The summed E-state index contributed by atoms with van der Waals surface area (Å²) >= 11 is 3.24. The fourth-order valence-corrected chi connectivity index (χ4v) is 6.21. The van der Waals surface area contributed by atoms with Crippen LogP contribution in [-0.4, -0.2) is 98.4 Å². The number of aliphatic hydroxyl groups excluding tert-OH is 1. The number of hydrogen-bond acceptors (Lipinski definition) is 10. The fraction of sp³-hybridized carbons (Fsp3) is 0.774. The van der Waals surface area contributed by atoms with Gasteiger partial charge in [0.1, 0.15) is 30.3 Å². The molecule has 3 heterocycles. The molecule has 2 saturated heterocycles. The van der Waals surface area contributed by atoms with Crippen LogP contribution in [0.2, 0.25) is 0 Å². The zero-order valence-electron chi connectivity index (χ0n) is 25.8. The first-order valence-electron chi connectivity index (χ1n) is 14.8. The second-order valence-electron chi connectivity index (χ2n) is 11.7. The Bertz CT molecular complexity index is 943. The Kier molecular flexibility index (Phi) is 13.7. The second kappa shape index (κ2) is 16.2. The highest BCUT2D eigenvalue weighted by Crippen LogP contribution is 2.40. The van der Waals surface area contributed by atoms with E-state index in [-0.39, 0.29) is 30.5 Å². The van der Waals surface area contributed by atoms with E-state index < -0.39 is 60.6 Å². The minimum absolute atomic E-state index is 0.0122. The molecule has 0 amide bonds. The van der Waals surface area contributed by atoms with Gasteiger partial charge in [-0.3, -0.25) is 4.79 Å². The van der Waals surface area contributed by atoms with E-state index in [0.29, 0.717) is 19.3 Å². The lowest BCUT2D eigenvalue weighted by molar-refractivity contribution is -0.348. The number of methoxy groups -OCH3 is 3. The summed E-state index contributed by atoms with van der Waals surface area (Å²) in [5.74, 6) is -3.81. The Hall–Kier alpha value is -1.15. The zero-order chi connectivity index (χ0) is 31.0. The van der Waals surface area contributed by atoms with Crippen molar-refractivity contribution in [3.8, 4) is 0 Å². The molecule has 240 valence electrons. The molecule has 0 radical (unpaired) electrons. The lowest BCUT2D eigenvalue weighted by atomic mass is 9.83. The molecule has 0 aromatic carbocycles. The normalized spacial score (nSPS) is 45.0. The van der Waals surface area contributed by atoms with Gasteiger partial charge in [0.2, 0.25) is 0 Å². The third-order valence-electron chi connectivity index (χ3n) is 8.69. The van der Waals surface area contributed by atoms with Crippen LogP contribution in [0.4, 0.5) is 0 Å². The number of rotatable bonds is 7. The van der Waals surface area contributed by atoms with E-state index in [1.807, 2.05) is 39.0 Å². The molecule has 0 aromatic rings. The van der Waals surface area contributed by atoms with Crippen molar-refractivity contribution in [3.63, 3.8) is 0 Å². The Morgan fingerprint density at radius 1 is 1.02 bits per heavy atom. The van der Waals surface area contributed by atoms with Gasteiger partial charge in [-0.1, -0.05) is 54.1 Å². The summed E-state index contributed by atoms with van der Waals surface area (Å²) in [6, 6.07) is 0. The Morgan fingerprint density at radius 2 is 1.71 bits per heavy atom. The van der Waals surface area contributed by atoms with E-state index in [0.717, 1.165) is 0 Å². The van der Waals surface area contributed by atoms with Crippen molar-refractivity contribution in [2.75, 3.05) is 21.3 Å². The van der Waals surface area contributed by atoms with Crippen LogP contribution in [0.1, 0.15) is 53.4 Å². The minimum atomic E-state index is -1.91. The molecule has 2 N–H and O–H groups in total. The maximum atomic E-state index is 13.5. The molecular weight excluding hydrogens is 612 g/mol. The van der Waals surface area contributed by atoms with Crippen molar-refractivity contribution in [1.82, 2.24) is 0 Å². The number of cyclic esters (lactones) is 1. The van der Waals surface area contributed by atoms with Gasteiger partial charge in [-0.15, -0.1) is 0 Å². The van der Waals surface area contributed by atoms with Crippen LogP contribution in [0.3, 0.4) is 0 Å². The standard InChI is InChI=1S/C31H49BrO10/c1-18-11-10-13-24(33)19(2)25-16-23(41-30-28(38-7)27(37-6)26(36-5)21(4)39-30)17-31(35,42-25)20(3)29(34)40-22(15-18)12-8-9-14-32/h8-12,14,18-28,30,33,35H,13,15-17H2,1-7H3/b11-10-,12-8+,14-9+/t18-,19-,20-,21-,22-,23+,24-,25+,26-,27+,28+,30-,31-/m0/s1. The molecule has 0 saturated carbocycles. The van der Waals surface area contributed by atoms with E-state index in [2.05, 4.69) is 15.9 Å². The SMILES string of the molecule is CO[C@@H]1[C@@H](OC)[C@H](C)O[C@@H](O[C@@H]2C[C@H]3O[C@@](O)(C2)[C@@H](C)C(=O)O[C@@H](/C=C/C=C/Br)C[C@@H](C)/C=C\C[C@H](O)[C@@H]3C)[C@@H]1OC. The van der Waals surface area contributed by atoms with E-state index in [4.69, 9.17) is 33.2 Å². The maximum Gasteiger partial charge on any atom is 0.314 e. The number of fused-ring (bicyclic) bond motifs is 2. The zero-order valence-corrected chi connectivity index (χ0v) is 27.3. The molecule has 11 heteroatoms. The van der Waals surface area contributed by atoms with Gasteiger partial charge in [-0.2, -0.15) is 0 Å². The molecular formula is C31H49BrO10. The number of halogens is 1. The van der Waals surface area contributed by atoms with Crippen molar-refractivity contribution >= 4 is 21.9 Å². The summed E-state index contributed by atoms with van der Waals surface area (Å²) in [7, 11) is 4.73. The van der Waals surface area contributed by atoms with Crippen molar-refractivity contribution in [3.05, 3.63) is 35.4 Å². The molecule has 3 aliphatic rings. The average Bonchev–Trinajstić information content (AvgIpc) is 2.95. The van der Waals surface area contributed by atoms with Gasteiger partial charge in [-0.25, -0.2) is 0 Å². The molecule has 0 unspecified atom stereocenters. The third kappa shape index (κ3) is 8.73. The minimum Gasteiger partial charge on any atom is -0.458 e. The topological polar surface area (TPSA) is 122 Å². The van der Waals surface area contributed by atoms with Crippen molar-refractivity contribution in [1.29, 1.82) is 0 Å². The number of esters is 1. The van der Waals surface area contributed by atoms with Gasteiger partial charge in [0.05, 0.1) is 24.4 Å². The van der Waals surface area contributed by atoms with Crippen LogP contribution in [0.25, 0.3) is 0 Å². The number of ether oxygens (including phenoxy) is 7. The highest BCUT2D eigenvalue weighted by molar-refractivity contribution is 9.11. The molecule has 3 aliphatic heterocycles. The van der Waals surface area contributed by atoms with E-state index in [1.165, 1.54) is 0 Å². The first-order chi connectivity index (χ1) is 20.0. The van der Waals surface area contributed by atoms with Crippen LogP contribution < -0.4 is 0 Å². The molecule has 3 rings (SSSR count). The van der Waals surface area contributed by atoms with Gasteiger partial charge in [0, 0.05) is 40.1 Å². The predicted molar refractivity (Wildman–Crippen MR) is 160 cm³/mol. The number of carbonyl (C=O) groups is 1. The van der Waals surface area contributed by atoms with Gasteiger partial charge in [-0.05, 0) is 43.7 Å². The highest BCUT2D eigenvalue weighted by Gasteiger charge is 2.52. The monoisotopic (exact) mass is 660 g/mol. The van der Waals surface area contributed by atoms with Crippen LogP contribution in [-0.2, 0) is 38.0 Å². The van der Waals surface area contributed by atoms with Gasteiger partial charge < -0.3 is 43.4 Å². The van der Waals surface area contributed by atoms with Crippen molar-refractivity contribution in [2.45, 2.75) is 114 Å². The van der Waals surface area contributed by atoms with Gasteiger partial charge >= 0.3 is 5.97 Å². The van der Waals surface area contributed by atoms with E-state index >= 15 is 0 Å².